The quantitative estimate of drug-likeness (QED) is 0.655. The first-order valence-electron chi connectivity index (χ1n) is 12.8. The van der Waals surface area contributed by atoms with Gasteiger partial charge in [-0.05, 0) is 31.2 Å². The van der Waals surface area contributed by atoms with Crippen molar-refractivity contribution in [2.45, 2.75) is 56.6 Å². The third kappa shape index (κ3) is 5.18. The van der Waals surface area contributed by atoms with Crippen molar-refractivity contribution in [2.75, 3.05) is 53.1 Å². The van der Waals surface area contributed by atoms with Gasteiger partial charge in [-0.15, -0.1) is 0 Å². The third-order valence-electron chi connectivity index (χ3n) is 8.11. The lowest BCUT2D eigenvalue weighted by Gasteiger charge is -2.39. The van der Waals surface area contributed by atoms with E-state index in [0.717, 1.165) is 37.9 Å². The van der Waals surface area contributed by atoms with Gasteiger partial charge < -0.3 is 34.1 Å². The zero-order chi connectivity index (χ0) is 24.3. The summed E-state index contributed by atoms with van der Waals surface area (Å²) in [6, 6.07) is 10.1. The second kappa shape index (κ2) is 10.8. The van der Waals surface area contributed by atoms with Crippen molar-refractivity contribution in [3.63, 3.8) is 0 Å². The van der Waals surface area contributed by atoms with E-state index in [1.54, 1.807) is 12.0 Å². The number of hydrogen-bond acceptors (Lipinski definition) is 7. The van der Waals surface area contributed by atoms with E-state index in [1.165, 1.54) is 0 Å². The molecule has 9 heteroatoms. The van der Waals surface area contributed by atoms with E-state index in [-0.39, 0.29) is 42.9 Å². The summed E-state index contributed by atoms with van der Waals surface area (Å²) in [7, 11) is 1.72. The van der Waals surface area contributed by atoms with Gasteiger partial charge in [-0.25, -0.2) is 4.79 Å². The molecule has 0 bridgehead atoms. The summed E-state index contributed by atoms with van der Waals surface area (Å²) in [6.07, 6.45) is 2.94. The monoisotopic (exact) mass is 487 g/mol. The Morgan fingerprint density at radius 3 is 2.66 bits per heavy atom. The Morgan fingerprint density at radius 2 is 1.89 bits per heavy atom. The minimum Gasteiger partial charge on any atom is -0.445 e. The first-order chi connectivity index (χ1) is 17.1. The van der Waals surface area contributed by atoms with Crippen LogP contribution >= 0.6 is 0 Å². The van der Waals surface area contributed by atoms with E-state index in [4.69, 9.17) is 18.9 Å². The first-order valence-corrected chi connectivity index (χ1v) is 12.8. The molecule has 192 valence electrons. The minimum absolute atomic E-state index is 0.0338. The Labute approximate surface area is 207 Å². The molecule has 0 aromatic heterocycles. The number of fused-ring (bicyclic) bond motifs is 1. The fourth-order valence-electron chi connectivity index (χ4n) is 6.13. The number of methoxy groups -OCH3 is 1. The maximum atomic E-state index is 13.8. The molecule has 0 radical (unpaired) electrons. The van der Waals surface area contributed by atoms with Crippen LogP contribution in [0.5, 0.6) is 0 Å². The van der Waals surface area contributed by atoms with Crippen LogP contribution in [0.3, 0.4) is 0 Å². The molecule has 1 saturated carbocycles. The smallest absolute Gasteiger partial charge is 0.410 e. The molecule has 9 nitrogen and oxygen atoms in total. The van der Waals surface area contributed by atoms with E-state index in [2.05, 4.69) is 5.32 Å². The number of hydrogen-bond donors (Lipinski definition) is 1. The molecular formula is C26H37N3O6. The Balaban J connectivity index is 1.14. The van der Waals surface area contributed by atoms with Crippen molar-refractivity contribution < 1.29 is 28.5 Å². The van der Waals surface area contributed by atoms with Gasteiger partial charge in [0.25, 0.3) is 0 Å². The molecule has 4 aliphatic rings. The van der Waals surface area contributed by atoms with Crippen LogP contribution in [0.1, 0.15) is 31.2 Å². The molecule has 1 aromatic rings. The van der Waals surface area contributed by atoms with E-state index in [0.29, 0.717) is 39.4 Å². The van der Waals surface area contributed by atoms with E-state index < -0.39 is 5.41 Å². The lowest BCUT2D eigenvalue weighted by Crippen LogP contribution is -2.55. The van der Waals surface area contributed by atoms with Crippen LogP contribution in [0.4, 0.5) is 4.79 Å². The predicted octanol–water partition coefficient (Wildman–Crippen LogP) is 1.80. The van der Waals surface area contributed by atoms with Crippen molar-refractivity contribution >= 4 is 12.0 Å². The summed E-state index contributed by atoms with van der Waals surface area (Å²) in [5.74, 6) is 0.178. The predicted molar refractivity (Wildman–Crippen MR) is 128 cm³/mol. The minimum atomic E-state index is -0.471. The van der Waals surface area contributed by atoms with Crippen molar-refractivity contribution in [1.82, 2.24) is 15.1 Å². The number of carbonyl (C=O) groups excluding carboxylic acids is 2. The van der Waals surface area contributed by atoms with Gasteiger partial charge in [-0.1, -0.05) is 30.3 Å². The fourth-order valence-corrected chi connectivity index (χ4v) is 6.13. The number of nitrogens with one attached hydrogen (secondary N) is 1. The molecule has 3 heterocycles. The van der Waals surface area contributed by atoms with Gasteiger partial charge in [0.1, 0.15) is 6.61 Å². The molecule has 3 saturated heterocycles. The number of rotatable bonds is 6. The maximum absolute atomic E-state index is 13.8. The van der Waals surface area contributed by atoms with Gasteiger partial charge in [0.15, 0.2) is 0 Å². The van der Waals surface area contributed by atoms with Crippen molar-refractivity contribution in [2.24, 2.45) is 5.41 Å². The molecule has 3 aliphatic heterocycles. The SMILES string of the molecule is CO[C@@H]1COCC[C@@H]1N[C@@H]1C[C@H]2OCC[C@@]2(C(=O)N2CCN(C(=O)OCc3ccccc3)CC2)C1. The first kappa shape index (κ1) is 24.5. The molecule has 5 rings (SSSR count). The van der Waals surface area contributed by atoms with E-state index in [9.17, 15) is 9.59 Å². The zero-order valence-electron chi connectivity index (χ0n) is 20.5. The largest absolute Gasteiger partial charge is 0.445 e. The van der Waals surface area contributed by atoms with Gasteiger partial charge >= 0.3 is 6.09 Å². The molecule has 0 spiro atoms. The lowest BCUT2D eigenvalue weighted by atomic mass is 9.80. The van der Waals surface area contributed by atoms with Crippen LogP contribution in [0, 0.1) is 5.41 Å². The molecule has 1 aliphatic carbocycles. The second-order valence-electron chi connectivity index (χ2n) is 10.1. The number of carbonyl (C=O) groups is 2. The zero-order valence-corrected chi connectivity index (χ0v) is 20.5. The fraction of sp³-hybridized carbons (Fsp3) is 0.692. The van der Waals surface area contributed by atoms with Crippen LogP contribution in [-0.4, -0.2) is 99.2 Å². The van der Waals surface area contributed by atoms with Gasteiger partial charge in [0.2, 0.25) is 5.91 Å². The van der Waals surface area contributed by atoms with E-state index in [1.807, 2.05) is 35.2 Å². The molecule has 4 fully saturated rings. The second-order valence-corrected chi connectivity index (χ2v) is 10.1. The van der Waals surface area contributed by atoms with Crippen LogP contribution in [0.25, 0.3) is 0 Å². The number of benzene rings is 1. The molecule has 5 atom stereocenters. The van der Waals surface area contributed by atoms with Gasteiger partial charge in [-0.3, -0.25) is 4.79 Å². The van der Waals surface area contributed by atoms with Crippen molar-refractivity contribution in [1.29, 1.82) is 0 Å². The molecular weight excluding hydrogens is 450 g/mol. The highest BCUT2D eigenvalue weighted by Crippen LogP contribution is 2.49. The summed E-state index contributed by atoms with van der Waals surface area (Å²) in [5.41, 5.74) is 0.490. The number of piperazine rings is 1. The normalized spacial score (nSPS) is 32.9. The number of nitrogens with zero attached hydrogens (tertiary/aromatic N) is 2. The highest BCUT2D eigenvalue weighted by Gasteiger charge is 2.58. The Bertz CT molecular complexity index is 877. The Kier molecular flexibility index (Phi) is 7.57. The van der Waals surface area contributed by atoms with Crippen LogP contribution in [0.15, 0.2) is 30.3 Å². The summed E-state index contributed by atoms with van der Waals surface area (Å²) >= 11 is 0. The number of ether oxygens (including phenoxy) is 4. The van der Waals surface area contributed by atoms with Crippen molar-refractivity contribution in [3.05, 3.63) is 35.9 Å². The Morgan fingerprint density at radius 1 is 1.11 bits per heavy atom. The summed E-state index contributed by atoms with van der Waals surface area (Å²) < 4.78 is 22.7. The van der Waals surface area contributed by atoms with Gasteiger partial charge in [-0.2, -0.15) is 0 Å². The van der Waals surface area contributed by atoms with Gasteiger partial charge in [0, 0.05) is 58.6 Å². The molecule has 0 unspecified atom stereocenters. The topological polar surface area (TPSA) is 89.6 Å². The van der Waals surface area contributed by atoms with Crippen LogP contribution in [0.2, 0.25) is 0 Å². The van der Waals surface area contributed by atoms with Crippen LogP contribution < -0.4 is 5.32 Å². The van der Waals surface area contributed by atoms with Crippen molar-refractivity contribution in [3.8, 4) is 0 Å². The highest BCUT2D eigenvalue weighted by atomic mass is 16.6. The summed E-state index contributed by atoms with van der Waals surface area (Å²) in [5, 5.41) is 3.75. The average Bonchev–Trinajstić information content (AvgIpc) is 3.46. The molecule has 1 aromatic carbocycles. The molecule has 1 N–H and O–H groups in total. The van der Waals surface area contributed by atoms with Gasteiger partial charge in [0.05, 0.1) is 24.2 Å². The Hall–Kier alpha value is -2.20. The molecule has 35 heavy (non-hydrogen) atoms. The van der Waals surface area contributed by atoms with Crippen LogP contribution in [-0.2, 0) is 30.3 Å². The number of amides is 2. The highest BCUT2D eigenvalue weighted by molar-refractivity contribution is 5.84. The average molecular weight is 488 g/mol. The summed E-state index contributed by atoms with van der Waals surface area (Å²) in [4.78, 5) is 29.9. The third-order valence-corrected chi connectivity index (χ3v) is 8.11. The van der Waals surface area contributed by atoms with E-state index >= 15 is 0 Å². The summed E-state index contributed by atoms with van der Waals surface area (Å²) in [6.45, 7) is 4.24. The standard InChI is InChI=1S/C26H37N3O6/c1-32-22-18-33-13-7-21(22)27-20-15-23-26(16-20,8-14-34-23)24(30)28-9-11-29(12-10-28)25(31)35-17-19-5-3-2-4-6-19/h2-6,20-23,27H,7-18H2,1H3/t20-,21+,22-,23-,26-/m1/s1. The maximum Gasteiger partial charge on any atom is 0.410 e. The molecule has 2 amide bonds. The lowest BCUT2D eigenvalue weighted by molar-refractivity contribution is -0.145.